The standard InChI is InChI=1S/C9H12FNO3/c1-3-8(13)11-7(5(2)12)4-6(10)9(11)14/h6-7H,3-4H2,1-2H3. The van der Waals surface area contributed by atoms with Gasteiger partial charge in [0.1, 0.15) is 6.04 Å². The normalized spacial score (nSPS) is 26.8. The van der Waals surface area contributed by atoms with Crippen molar-refractivity contribution in [1.82, 2.24) is 4.90 Å². The van der Waals surface area contributed by atoms with Crippen molar-refractivity contribution >= 4 is 17.6 Å². The van der Waals surface area contributed by atoms with Gasteiger partial charge in [0.25, 0.3) is 5.91 Å². The molecule has 0 aromatic heterocycles. The molecular formula is C9H12FNO3. The maximum Gasteiger partial charge on any atom is 0.264 e. The maximum absolute atomic E-state index is 13.0. The van der Waals surface area contributed by atoms with Gasteiger partial charge in [0.2, 0.25) is 5.91 Å². The molecule has 2 amide bonds. The number of nitrogens with zero attached hydrogens (tertiary/aromatic N) is 1. The first kappa shape index (κ1) is 10.8. The van der Waals surface area contributed by atoms with Crippen LogP contribution in [0.5, 0.6) is 0 Å². The van der Waals surface area contributed by atoms with Crippen molar-refractivity contribution in [3.05, 3.63) is 0 Å². The fourth-order valence-corrected chi connectivity index (χ4v) is 1.52. The smallest absolute Gasteiger partial charge is 0.264 e. The summed E-state index contributed by atoms with van der Waals surface area (Å²) >= 11 is 0. The average molecular weight is 201 g/mol. The minimum absolute atomic E-state index is 0.0994. The van der Waals surface area contributed by atoms with Gasteiger partial charge in [0.05, 0.1) is 0 Å². The highest BCUT2D eigenvalue weighted by atomic mass is 19.1. The molecule has 0 aliphatic carbocycles. The first-order valence-electron chi connectivity index (χ1n) is 4.49. The van der Waals surface area contributed by atoms with Gasteiger partial charge in [-0.25, -0.2) is 4.39 Å². The van der Waals surface area contributed by atoms with E-state index in [-0.39, 0.29) is 18.6 Å². The van der Waals surface area contributed by atoms with Gasteiger partial charge in [-0.2, -0.15) is 0 Å². The molecule has 0 aromatic rings. The second-order valence-corrected chi connectivity index (χ2v) is 3.29. The molecule has 0 aromatic carbocycles. The van der Waals surface area contributed by atoms with Crippen LogP contribution in [0.15, 0.2) is 0 Å². The van der Waals surface area contributed by atoms with Crippen LogP contribution < -0.4 is 0 Å². The number of imide groups is 1. The van der Waals surface area contributed by atoms with Gasteiger partial charge in [-0.15, -0.1) is 0 Å². The Balaban J connectivity index is 2.92. The molecule has 1 heterocycles. The van der Waals surface area contributed by atoms with E-state index in [1.54, 1.807) is 6.92 Å². The molecule has 0 radical (unpaired) electrons. The number of amides is 2. The van der Waals surface area contributed by atoms with Crippen molar-refractivity contribution in [2.45, 2.75) is 38.9 Å². The second-order valence-electron chi connectivity index (χ2n) is 3.29. The summed E-state index contributed by atoms with van der Waals surface area (Å²) in [6, 6.07) is -0.898. The lowest BCUT2D eigenvalue weighted by Crippen LogP contribution is -2.42. The van der Waals surface area contributed by atoms with E-state index in [1.165, 1.54) is 6.92 Å². The van der Waals surface area contributed by atoms with Crippen LogP contribution in [0.3, 0.4) is 0 Å². The van der Waals surface area contributed by atoms with Crippen molar-refractivity contribution in [2.75, 3.05) is 0 Å². The highest BCUT2D eigenvalue weighted by Gasteiger charge is 2.44. The summed E-state index contributed by atoms with van der Waals surface area (Å²) in [5, 5.41) is 0. The molecular weight excluding hydrogens is 189 g/mol. The zero-order valence-electron chi connectivity index (χ0n) is 8.12. The van der Waals surface area contributed by atoms with Gasteiger partial charge in [-0.3, -0.25) is 19.3 Å². The topological polar surface area (TPSA) is 54.5 Å². The molecule has 2 unspecified atom stereocenters. The molecule has 1 aliphatic rings. The molecule has 1 rings (SSSR count). The Bertz CT molecular complexity index is 290. The molecule has 4 nitrogen and oxygen atoms in total. The van der Waals surface area contributed by atoms with Crippen LogP contribution in [0, 0.1) is 0 Å². The van der Waals surface area contributed by atoms with E-state index in [4.69, 9.17) is 0 Å². The molecule has 5 heteroatoms. The number of alkyl halides is 1. The summed E-state index contributed by atoms with van der Waals surface area (Å²) in [5.74, 6) is -1.72. The maximum atomic E-state index is 13.0. The molecule has 0 spiro atoms. The highest BCUT2D eigenvalue weighted by Crippen LogP contribution is 2.23. The van der Waals surface area contributed by atoms with E-state index in [2.05, 4.69) is 0 Å². The lowest BCUT2D eigenvalue weighted by molar-refractivity contribution is -0.148. The van der Waals surface area contributed by atoms with Crippen LogP contribution in [0.1, 0.15) is 26.7 Å². The molecule has 1 saturated heterocycles. The SMILES string of the molecule is CCC(=O)N1C(=O)C(F)CC1C(C)=O. The van der Waals surface area contributed by atoms with Crippen molar-refractivity contribution in [3.63, 3.8) is 0 Å². The fraction of sp³-hybridized carbons (Fsp3) is 0.667. The Morgan fingerprint density at radius 3 is 2.57 bits per heavy atom. The number of likely N-dealkylation sites (tertiary alicyclic amines) is 1. The van der Waals surface area contributed by atoms with Gasteiger partial charge >= 0.3 is 0 Å². The van der Waals surface area contributed by atoms with Crippen LogP contribution in [-0.2, 0) is 14.4 Å². The van der Waals surface area contributed by atoms with E-state index >= 15 is 0 Å². The Morgan fingerprint density at radius 2 is 2.14 bits per heavy atom. The van der Waals surface area contributed by atoms with Gasteiger partial charge < -0.3 is 0 Å². The Morgan fingerprint density at radius 1 is 1.57 bits per heavy atom. The van der Waals surface area contributed by atoms with Crippen molar-refractivity contribution < 1.29 is 18.8 Å². The summed E-state index contributed by atoms with van der Waals surface area (Å²) in [5.41, 5.74) is 0. The fourth-order valence-electron chi connectivity index (χ4n) is 1.52. The summed E-state index contributed by atoms with van der Waals surface area (Å²) in [6.45, 7) is 2.82. The van der Waals surface area contributed by atoms with E-state index < -0.39 is 24.0 Å². The third-order valence-corrected chi connectivity index (χ3v) is 2.29. The van der Waals surface area contributed by atoms with Crippen LogP contribution in [0.25, 0.3) is 0 Å². The minimum Gasteiger partial charge on any atom is -0.298 e. The molecule has 0 N–H and O–H groups in total. The first-order chi connectivity index (χ1) is 6.49. The number of carbonyl (C=O) groups is 3. The zero-order chi connectivity index (χ0) is 10.9. The number of Topliss-reactive ketones (excluding diaryl/α,β-unsaturated/α-hetero) is 1. The van der Waals surface area contributed by atoms with Crippen molar-refractivity contribution in [3.8, 4) is 0 Å². The number of ketones is 1. The molecule has 1 fully saturated rings. The van der Waals surface area contributed by atoms with Crippen LogP contribution in [0.4, 0.5) is 4.39 Å². The van der Waals surface area contributed by atoms with Gasteiger partial charge in [0, 0.05) is 12.8 Å². The number of rotatable bonds is 2. The quantitative estimate of drug-likeness (QED) is 0.651. The Labute approximate surface area is 81.1 Å². The Hall–Kier alpha value is -1.26. The number of halogens is 1. The third-order valence-electron chi connectivity index (χ3n) is 2.29. The average Bonchev–Trinajstić information content (AvgIpc) is 2.43. The minimum atomic E-state index is -1.71. The molecule has 14 heavy (non-hydrogen) atoms. The predicted molar refractivity (Wildman–Crippen MR) is 46.1 cm³/mol. The lowest BCUT2D eigenvalue weighted by Gasteiger charge is -2.19. The molecule has 2 atom stereocenters. The first-order valence-corrected chi connectivity index (χ1v) is 4.49. The van der Waals surface area contributed by atoms with Gasteiger partial charge in [0.15, 0.2) is 12.0 Å². The molecule has 0 bridgehead atoms. The summed E-state index contributed by atoms with van der Waals surface area (Å²) in [7, 11) is 0. The van der Waals surface area contributed by atoms with Crippen LogP contribution in [-0.4, -0.2) is 34.7 Å². The van der Waals surface area contributed by atoms with Crippen LogP contribution in [0.2, 0.25) is 0 Å². The molecule has 78 valence electrons. The van der Waals surface area contributed by atoms with E-state index in [0.717, 1.165) is 4.90 Å². The molecule has 0 saturated carbocycles. The van der Waals surface area contributed by atoms with Crippen LogP contribution >= 0.6 is 0 Å². The Kier molecular flexibility index (Phi) is 2.98. The van der Waals surface area contributed by atoms with Gasteiger partial charge in [-0.05, 0) is 6.92 Å². The highest BCUT2D eigenvalue weighted by molar-refractivity contribution is 6.04. The summed E-state index contributed by atoms with van der Waals surface area (Å²) < 4.78 is 13.0. The van der Waals surface area contributed by atoms with Crippen molar-refractivity contribution in [2.24, 2.45) is 0 Å². The summed E-state index contributed by atoms with van der Waals surface area (Å²) in [6.07, 6.45) is -1.80. The largest absolute Gasteiger partial charge is 0.298 e. The number of carbonyl (C=O) groups excluding carboxylic acids is 3. The zero-order valence-corrected chi connectivity index (χ0v) is 8.12. The second kappa shape index (κ2) is 3.86. The lowest BCUT2D eigenvalue weighted by atomic mass is 10.1. The molecule has 1 aliphatic heterocycles. The predicted octanol–water partition coefficient (Wildman–Crippen LogP) is 0.451. The number of hydrogen-bond acceptors (Lipinski definition) is 3. The van der Waals surface area contributed by atoms with E-state index in [1.807, 2.05) is 0 Å². The van der Waals surface area contributed by atoms with E-state index in [9.17, 15) is 18.8 Å². The van der Waals surface area contributed by atoms with Crippen molar-refractivity contribution in [1.29, 1.82) is 0 Å². The third kappa shape index (κ3) is 1.66. The van der Waals surface area contributed by atoms with Gasteiger partial charge in [-0.1, -0.05) is 6.92 Å². The van der Waals surface area contributed by atoms with E-state index in [0.29, 0.717) is 0 Å². The number of hydrogen-bond donors (Lipinski definition) is 0. The summed E-state index contributed by atoms with van der Waals surface area (Å²) in [4.78, 5) is 34.3. The monoisotopic (exact) mass is 201 g/mol.